The van der Waals surface area contributed by atoms with Gasteiger partial charge in [-0.1, -0.05) is 38.1 Å². The number of rotatable bonds is 3. The first-order chi connectivity index (χ1) is 15.9. The van der Waals surface area contributed by atoms with Crippen LogP contribution in [-0.4, -0.2) is 11.7 Å². The summed E-state index contributed by atoms with van der Waals surface area (Å²) in [6.45, 7) is 5.43. The van der Waals surface area contributed by atoms with Crippen LogP contribution in [0.3, 0.4) is 0 Å². The molecule has 1 unspecified atom stereocenters. The van der Waals surface area contributed by atoms with E-state index in [1.54, 1.807) is 6.92 Å². The van der Waals surface area contributed by atoms with Crippen molar-refractivity contribution in [2.24, 2.45) is 5.41 Å². The number of amides is 1. The van der Waals surface area contributed by atoms with Crippen LogP contribution in [0.5, 0.6) is 0 Å². The van der Waals surface area contributed by atoms with Crippen LogP contribution in [0.4, 0.5) is 23.2 Å². The number of carbonyl (C=O) groups is 2. The van der Waals surface area contributed by atoms with Gasteiger partial charge >= 0.3 is 6.18 Å². The molecule has 1 atom stereocenters. The number of hydrogen-bond acceptors (Lipinski definition) is 3. The fourth-order valence-corrected chi connectivity index (χ4v) is 4.82. The van der Waals surface area contributed by atoms with Crippen molar-refractivity contribution in [3.8, 4) is 0 Å². The van der Waals surface area contributed by atoms with Gasteiger partial charge in [0.1, 0.15) is 5.82 Å². The number of alkyl halides is 3. The van der Waals surface area contributed by atoms with Crippen LogP contribution >= 0.6 is 0 Å². The first kappa shape index (κ1) is 23.7. The first-order valence-electron chi connectivity index (χ1n) is 10.8. The predicted octanol–water partition coefficient (Wildman–Crippen LogP) is 6.09. The lowest BCUT2D eigenvalue weighted by Gasteiger charge is -2.40. The number of nitrogens with one attached hydrogen (secondary N) is 2. The second kappa shape index (κ2) is 8.42. The summed E-state index contributed by atoms with van der Waals surface area (Å²) in [5.74, 6) is -2.80. The fourth-order valence-electron chi connectivity index (χ4n) is 4.82. The molecule has 8 heteroatoms. The molecular formula is C26H24F4N2O2. The van der Waals surface area contributed by atoms with E-state index in [1.165, 1.54) is 36.4 Å². The van der Waals surface area contributed by atoms with E-state index in [2.05, 4.69) is 10.6 Å². The van der Waals surface area contributed by atoms with Crippen LogP contribution in [0.2, 0.25) is 0 Å². The highest BCUT2D eigenvalue weighted by molar-refractivity contribution is 6.10. The maximum Gasteiger partial charge on any atom is 0.416 e. The van der Waals surface area contributed by atoms with Gasteiger partial charge in [0, 0.05) is 40.6 Å². The number of Topliss-reactive ketones (excluding diaryl/α,β-unsaturated/α-hetero) is 1. The molecule has 1 heterocycles. The van der Waals surface area contributed by atoms with Crippen molar-refractivity contribution in [1.82, 2.24) is 5.32 Å². The zero-order chi connectivity index (χ0) is 24.8. The van der Waals surface area contributed by atoms with E-state index in [0.29, 0.717) is 17.8 Å². The quantitative estimate of drug-likeness (QED) is 0.532. The van der Waals surface area contributed by atoms with Gasteiger partial charge in [0.15, 0.2) is 5.78 Å². The van der Waals surface area contributed by atoms with E-state index in [4.69, 9.17) is 0 Å². The summed E-state index contributed by atoms with van der Waals surface area (Å²) in [6.07, 6.45) is -4.08. The van der Waals surface area contributed by atoms with E-state index >= 15 is 0 Å². The number of ketones is 1. The lowest BCUT2D eigenvalue weighted by Crippen LogP contribution is -2.39. The minimum atomic E-state index is -4.68. The van der Waals surface area contributed by atoms with Gasteiger partial charge in [-0.3, -0.25) is 9.59 Å². The molecule has 4 nitrogen and oxygen atoms in total. The van der Waals surface area contributed by atoms with E-state index in [0.717, 1.165) is 12.1 Å². The molecule has 178 valence electrons. The molecule has 34 heavy (non-hydrogen) atoms. The molecule has 0 fully saturated rings. The van der Waals surface area contributed by atoms with Crippen LogP contribution in [0.1, 0.15) is 50.7 Å². The van der Waals surface area contributed by atoms with Gasteiger partial charge < -0.3 is 10.6 Å². The standard InChI is InChI=1S/C26H24F4N2O2/c1-14-21(24(34)32-16-8-6-7-15(27)11-16)22(17-9-4-5-10-18(17)26(28,29)30)23-19(31-14)12-25(2,3)13-20(23)33/h4-11,22,31H,12-13H2,1-3H3,(H,32,34). The molecule has 2 aromatic carbocycles. The lowest BCUT2D eigenvalue weighted by molar-refractivity contribution is -0.138. The molecular weight excluding hydrogens is 448 g/mol. The van der Waals surface area contributed by atoms with Crippen LogP contribution in [0.15, 0.2) is 71.1 Å². The molecule has 0 bridgehead atoms. The molecule has 4 rings (SSSR count). The third kappa shape index (κ3) is 4.49. The average Bonchev–Trinajstić information content (AvgIpc) is 2.71. The maximum atomic E-state index is 14.0. The minimum Gasteiger partial charge on any atom is -0.362 e. The number of halogens is 4. The second-order valence-corrected chi connectivity index (χ2v) is 9.48. The smallest absolute Gasteiger partial charge is 0.362 e. The summed E-state index contributed by atoms with van der Waals surface area (Å²) < 4.78 is 55.6. The Morgan fingerprint density at radius 3 is 2.47 bits per heavy atom. The number of allylic oxidation sites excluding steroid dienone is 3. The molecule has 2 N–H and O–H groups in total. The fraction of sp³-hybridized carbons (Fsp3) is 0.308. The Labute approximate surface area is 194 Å². The van der Waals surface area contributed by atoms with Crippen LogP contribution in [0.25, 0.3) is 0 Å². The summed E-state index contributed by atoms with van der Waals surface area (Å²) in [6, 6.07) is 10.2. The normalized spacial score (nSPS) is 20.1. The molecule has 2 aliphatic rings. The van der Waals surface area contributed by atoms with Gasteiger partial charge in [-0.2, -0.15) is 13.2 Å². The van der Waals surface area contributed by atoms with Crippen molar-refractivity contribution in [3.05, 3.63) is 88.0 Å². The third-order valence-electron chi connectivity index (χ3n) is 6.14. The summed E-state index contributed by atoms with van der Waals surface area (Å²) in [7, 11) is 0. The van der Waals surface area contributed by atoms with Crippen LogP contribution < -0.4 is 10.6 Å². The number of hydrogen-bond donors (Lipinski definition) is 2. The molecule has 0 radical (unpaired) electrons. The average molecular weight is 472 g/mol. The number of benzene rings is 2. The van der Waals surface area contributed by atoms with Gasteiger partial charge in [-0.25, -0.2) is 4.39 Å². The van der Waals surface area contributed by atoms with Crippen molar-refractivity contribution < 1.29 is 27.2 Å². The molecule has 1 aliphatic heterocycles. The van der Waals surface area contributed by atoms with Crippen LogP contribution in [0, 0.1) is 11.2 Å². The maximum absolute atomic E-state index is 14.0. The summed E-state index contributed by atoms with van der Waals surface area (Å²) in [4.78, 5) is 26.7. The van der Waals surface area contributed by atoms with Gasteiger partial charge in [0.25, 0.3) is 5.91 Å². The number of dihydropyridines is 1. The van der Waals surface area contributed by atoms with Crippen molar-refractivity contribution >= 4 is 17.4 Å². The molecule has 0 saturated heterocycles. The zero-order valence-electron chi connectivity index (χ0n) is 18.9. The largest absolute Gasteiger partial charge is 0.416 e. The Morgan fingerprint density at radius 1 is 1.09 bits per heavy atom. The summed E-state index contributed by atoms with van der Waals surface area (Å²) in [5.41, 5.74) is -0.249. The van der Waals surface area contributed by atoms with Crippen molar-refractivity contribution in [2.75, 3.05) is 5.32 Å². The number of anilines is 1. The minimum absolute atomic E-state index is 0.00670. The van der Waals surface area contributed by atoms with E-state index in [9.17, 15) is 27.2 Å². The van der Waals surface area contributed by atoms with Gasteiger partial charge in [0.05, 0.1) is 5.56 Å². The Kier molecular flexibility index (Phi) is 5.87. The van der Waals surface area contributed by atoms with E-state index in [-0.39, 0.29) is 40.0 Å². The van der Waals surface area contributed by atoms with E-state index < -0.39 is 29.4 Å². The molecule has 2 aromatic rings. The van der Waals surface area contributed by atoms with Crippen molar-refractivity contribution in [2.45, 2.75) is 45.7 Å². The second-order valence-electron chi connectivity index (χ2n) is 9.48. The SMILES string of the molecule is CC1=C(C(=O)Nc2cccc(F)c2)C(c2ccccc2C(F)(F)F)C2=C(CC(C)(C)CC2=O)N1. The Hall–Kier alpha value is -3.42. The van der Waals surface area contributed by atoms with Crippen molar-refractivity contribution in [1.29, 1.82) is 0 Å². The van der Waals surface area contributed by atoms with Gasteiger partial charge in [-0.15, -0.1) is 0 Å². The Bertz CT molecular complexity index is 1240. The third-order valence-corrected chi connectivity index (χ3v) is 6.14. The van der Waals surface area contributed by atoms with Gasteiger partial charge in [0.2, 0.25) is 0 Å². The summed E-state index contributed by atoms with van der Waals surface area (Å²) >= 11 is 0. The van der Waals surface area contributed by atoms with Gasteiger partial charge in [-0.05, 0) is 48.6 Å². The topological polar surface area (TPSA) is 58.2 Å². The van der Waals surface area contributed by atoms with Crippen LogP contribution in [-0.2, 0) is 15.8 Å². The highest BCUT2D eigenvalue weighted by atomic mass is 19.4. The Morgan fingerprint density at radius 2 is 1.79 bits per heavy atom. The molecule has 0 saturated carbocycles. The predicted molar refractivity (Wildman–Crippen MR) is 120 cm³/mol. The molecule has 1 aliphatic carbocycles. The Balaban J connectivity index is 1.89. The first-order valence-corrected chi connectivity index (χ1v) is 10.8. The summed E-state index contributed by atoms with van der Waals surface area (Å²) in [5, 5.41) is 5.69. The molecule has 0 aromatic heterocycles. The lowest BCUT2D eigenvalue weighted by atomic mass is 9.68. The highest BCUT2D eigenvalue weighted by Crippen LogP contribution is 2.49. The van der Waals surface area contributed by atoms with E-state index in [1.807, 2.05) is 13.8 Å². The van der Waals surface area contributed by atoms with Crippen molar-refractivity contribution in [3.63, 3.8) is 0 Å². The highest BCUT2D eigenvalue weighted by Gasteiger charge is 2.45. The molecule has 1 amide bonds. The molecule has 0 spiro atoms. The zero-order valence-corrected chi connectivity index (χ0v) is 18.9. The number of carbonyl (C=O) groups excluding carboxylic acids is 2. The monoisotopic (exact) mass is 472 g/mol.